The van der Waals surface area contributed by atoms with Gasteiger partial charge in [0.2, 0.25) is 0 Å². The maximum atomic E-state index is 14.2. The fraction of sp³-hybridized carbons (Fsp3) is 0.667. The molecular formula is C18H30FNO. The van der Waals surface area contributed by atoms with Crippen LogP contribution in [0.5, 0.6) is 5.75 Å². The summed E-state index contributed by atoms with van der Waals surface area (Å²) in [5, 5.41) is 3.55. The van der Waals surface area contributed by atoms with Crippen molar-refractivity contribution >= 4 is 0 Å². The second-order valence-corrected chi connectivity index (χ2v) is 5.64. The molecule has 1 rings (SSSR count). The van der Waals surface area contributed by atoms with Crippen LogP contribution in [0.1, 0.15) is 57.9 Å². The predicted molar refractivity (Wildman–Crippen MR) is 87.5 cm³/mol. The molecule has 0 aromatic heterocycles. The number of rotatable bonds is 11. The monoisotopic (exact) mass is 295 g/mol. The third-order valence-electron chi connectivity index (χ3n) is 3.82. The Kier molecular flexibility index (Phi) is 9.07. The fourth-order valence-electron chi connectivity index (χ4n) is 2.58. The van der Waals surface area contributed by atoms with Crippen molar-refractivity contribution in [2.45, 2.75) is 64.8 Å². The minimum Gasteiger partial charge on any atom is -0.494 e. The van der Waals surface area contributed by atoms with Crippen molar-refractivity contribution in [1.82, 2.24) is 5.32 Å². The van der Waals surface area contributed by atoms with Crippen LogP contribution in [0.4, 0.5) is 4.39 Å². The third kappa shape index (κ3) is 6.47. The smallest absolute Gasteiger partial charge is 0.168 e. The zero-order valence-electron chi connectivity index (χ0n) is 13.8. The first-order valence-electron chi connectivity index (χ1n) is 8.27. The first-order valence-corrected chi connectivity index (χ1v) is 8.27. The van der Waals surface area contributed by atoms with E-state index >= 15 is 0 Å². The Hall–Kier alpha value is -1.09. The van der Waals surface area contributed by atoms with Gasteiger partial charge >= 0.3 is 0 Å². The van der Waals surface area contributed by atoms with E-state index in [4.69, 9.17) is 4.74 Å². The molecule has 3 heteroatoms. The van der Waals surface area contributed by atoms with E-state index in [-0.39, 0.29) is 5.82 Å². The summed E-state index contributed by atoms with van der Waals surface area (Å²) in [4.78, 5) is 0. The Bertz CT molecular complexity index is 395. The number of halogens is 1. The van der Waals surface area contributed by atoms with Crippen molar-refractivity contribution in [3.63, 3.8) is 0 Å². The zero-order valence-corrected chi connectivity index (χ0v) is 13.8. The Balaban J connectivity index is 2.62. The molecule has 0 heterocycles. The summed E-state index contributed by atoms with van der Waals surface area (Å²) in [6, 6.07) is 5.76. The molecule has 21 heavy (non-hydrogen) atoms. The van der Waals surface area contributed by atoms with Gasteiger partial charge in [0.05, 0.1) is 7.11 Å². The molecule has 2 nitrogen and oxygen atoms in total. The molecular weight excluding hydrogens is 265 g/mol. The number of nitrogens with one attached hydrogen (secondary N) is 1. The van der Waals surface area contributed by atoms with Crippen molar-refractivity contribution in [1.29, 1.82) is 0 Å². The van der Waals surface area contributed by atoms with Crippen molar-refractivity contribution in [2.24, 2.45) is 0 Å². The van der Waals surface area contributed by atoms with E-state index in [1.807, 2.05) is 12.1 Å². The van der Waals surface area contributed by atoms with Gasteiger partial charge in [-0.2, -0.15) is 0 Å². The SMILES string of the molecule is CCCCCCC(Cc1cccc(OC)c1F)NCCC. The molecule has 0 spiro atoms. The Morgan fingerprint density at radius 3 is 2.62 bits per heavy atom. The van der Waals surface area contributed by atoms with Crippen LogP contribution in [0.15, 0.2) is 18.2 Å². The molecule has 120 valence electrons. The summed E-state index contributed by atoms with van der Waals surface area (Å²) in [7, 11) is 1.51. The van der Waals surface area contributed by atoms with Gasteiger partial charge < -0.3 is 10.1 Å². The van der Waals surface area contributed by atoms with Gasteiger partial charge in [-0.15, -0.1) is 0 Å². The van der Waals surface area contributed by atoms with Crippen LogP contribution in [0.25, 0.3) is 0 Å². The lowest BCUT2D eigenvalue weighted by Gasteiger charge is -2.19. The van der Waals surface area contributed by atoms with Crippen LogP contribution in [0.2, 0.25) is 0 Å². The summed E-state index contributed by atoms with van der Waals surface area (Å²) in [6.07, 6.45) is 7.95. The van der Waals surface area contributed by atoms with Crippen molar-refractivity contribution in [3.8, 4) is 5.75 Å². The average Bonchev–Trinajstić information content (AvgIpc) is 2.50. The van der Waals surface area contributed by atoms with E-state index in [9.17, 15) is 4.39 Å². The zero-order chi connectivity index (χ0) is 15.5. The largest absolute Gasteiger partial charge is 0.494 e. The van der Waals surface area contributed by atoms with Gasteiger partial charge in [0.1, 0.15) is 0 Å². The first kappa shape index (κ1) is 18.0. The van der Waals surface area contributed by atoms with Gasteiger partial charge in [0.25, 0.3) is 0 Å². The molecule has 1 N–H and O–H groups in total. The molecule has 1 aromatic rings. The molecule has 1 atom stereocenters. The fourth-order valence-corrected chi connectivity index (χ4v) is 2.58. The first-order chi connectivity index (χ1) is 10.2. The molecule has 0 saturated carbocycles. The van der Waals surface area contributed by atoms with Gasteiger partial charge in [-0.25, -0.2) is 4.39 Å². The maximum absolute atomic E-state index is 14.2. The second kappa shape index (κ2) is 10.6. The van der Waals surface area contributed by atoms with Crippen LogP contribution in [-0.4, -0.2) is 19.7 Å². The average molecular weight is 295 g/mol. The van der Waals surface area contributed by atoms with Gasteiger partial charge in [-0.1, -0.05) is 51.7 Å². The summed E-state index contributed by atoms with van der Waals surface area (Å²) in [6.45, 7) is 5.37. The van der Waals surface area contributed by atoms with E-state index < -0.39 is 0 Å². The lowest BCUT2D eigenvalue weighted by Crippen LogP contribution is -2.32. The highest BCUT2D eigenvalue weighted by molar-refractivity contribution is 5.31. The van der Waals surface area contributed by atoms with E-state index in [1.54, 1.807) is 6.07 Å². The van der Waals surface area contributed by atoms with Crippen LogP contribution < -0.4 is 10.1 Å². The van der Waals surface area contributed by atoms with Crippen molar-refractivity contribution in [3.05, 3.63) is 29.6 Å². The van der Waals surface area contributed by atoms with E-state index in [0.29, 0.717) is 11.8 Å². The number of hydrogen-bond donors (Lipinski definition) is 1. The highest BCUT2D eigenvalue weighted by Crippen LogP contribution is 2.22. The summed E-state index contributed by atoms with van der Waals surface area (Å²) < 4.78 is 19.3. The lowest BCUT2D eigenvalue weighted by molar-refractivity contribution is 0.380. The third-order valence-corrected chi connectivity index (χ3v) is 3.82. The lowest BCUT2D eigenvalue weighted by atomic mass is 9.99. The van der Waals surface area contributed by atoms with Gasteiger partial charge in [0.15, 0.2) is 11.6 Å². The summed E-state index contributed by atoms with van der Waals surface area (Å²) in [5.74, 6) is 0.129. The molecule has 0 saturated heterocycles. The highest BCUT2D eigenvalue weighted by atomic mass is 19.1. The summed E-state index contributed by atoms with van der Waals surface area (Å²) >= 11 is 0. The Labute approximate surface area is 129 Å². The highest BCUT2D eigenvalue weighted by Gasteiger charge is 2.14. The van der Waals surface area contributed by atoms with Crippen LogP contribution >= 0.6 is 0 Å². The molecule has 0 aliphatic carbocycles. The minimum absolute atomic E-state index is 0.211. The molecule has 0 aliphatic heterocycles. The molecule has 0 aliphatic rings. The normalized spacial score (nSPS) is 12.4. The van der Waals surface area contributed by atoms with Gasteiger partial charge in [-0.05, 0) is 37.4 Å². The number of methoxy groups -OCH3 is 1. The number of benzene rings is 1. The summed E-state index contributed by atoms with van der Waals surface area (Å²) in [5.41, 5.74) is 0.749. The van der Waals surface area contributed by atoms with Gasteiger partial charge in [-0.3, -0.25) is 0 Å². The number of hydrogen-bond acceptors (Lipinski definition) is 2. The number of unbranched alkanes of at least 4 members (excludes halogenated alkanes) is 3. The molecule has 0 radical (unpaired) electrons. The Morgan fingerprint density at radius 2 is 1.95 bits per heavy atom. The van der Waals surface area contributed by atoms with E-state index in [2.05, 4.69) is 19.2 Å². The van der Waals surface area contributed by atoms with Gasteiger partial charge in [0, 0.05) is 6.04 Å². The molecule has 0 fully saturated rings. The quantitative estimate of drug-likeness (QED) is 0.597. The molecule has 0 amide bonds. The van der Waals surface area contributed by atoms with E-state index in [0.717, 1.165) is 31.4 Å². The minimum atomic E-state index is -0.211. The second-order valence-electron chi connectivity index (χ2n) is 5.64. The van der Waals surface area contributed by atoms with Crippen LogP contribution in [0.3, 0.4) is 0 Å². The van der Waals surface area contributed by atoms with Crippen molar-refractivity contribution < 1.29 is 9.13 Å². The van der Waals surface area contributed by atoms with E-state index in [1.165, 1.54) is 32.8 Å². The van der Waals surface area contributed by atoms with Crippen molar-refractivity contribution in [2.75, 3.05) is 13.7 Å². The molecule has 1 aromatic carbocycles. The Morgan fingerprint density at radius 1 is 1.14 bits per heavy atom. The molecule has 1 unspecified atom stereocenters. The number of ether oxygens (including phenoxy) is 1. The van der Waals surface area contributed by atoms with Crippen LogP contribution in [0, 0.1) is 5.82 Å². The van der Waals surface area contributed by atoms with Crippen LogP contribution in [-0.2, 0) is 6.42 Å². The topological polar surface area (TPSA) is 21.3 Å². The maximum Gasteiger partial charge on any atom is 0.168 e. The molecule has 0 bridgehead atoms. The standard InChI is InChI=1S/C18H30FNO/c1-4-6-7-8-11-16(20-13-5-2)14-15-10-9-12-17(21-3)18(15)19/h9-10,12,16,20H,4-8,11,13-14H2,1-3H3. The predicted octanol–water partition coefficient (Wildman–Crippen LogP) is 4.72.